The quantitative estimate of drug-likeness (QED) is 0.682. The predicted octanol–water partition coefficient (Wildman–Crippen LogP) is 4.51. The molecular weight excluding hydrogens is 296 g/mol. The lowest BCUT2D eigenvalue weighted by Crippen LogP contribution is -1.76. The minimum Gasteiger partial charge on any atom is -0.289 e. The molecule has 0 unspecified atom stereocenters. The number of rotatable bonds is 0. The van der Waals surface area contributed by atoms with Crippen LogP contribution in [0.1, 0.15) is 0 Å². The maximum atomic E-state index is 11.4. The first kappa shape index (κ1) is 9.03. The van der Waals surface area contributed by atoms with Gasteiger partial charge < -0.3 is 0 Å². The fourth-order valence-electron chi connectivity index (χ4n) is 1.27. The first-order valence-electron chi connectivity index (χ1n) is 3.74. The molecule has 0 spiro atoms. The molecule has 13 heavy (non-hydrogen) atoms. The SMILES string of the molecule is [O]c1cccc2c(Br)c(Br)ccc12. The first-order valence-corrected chi connectivity index (χ1v) is 5.32. The van der Waals surface area contributed by atoms with Gasteiger partial charge in [0.2, 0.25) is 0 Å². The van der Waals surface area contributed by atoms with Crippen molar-refractivity contribution in [2.45, 2.75) is 0 Å². The van der Waals surface area contributed by atoms with Crippen LogP contribution >= 0.6 is 31.9 Å². The van der Waals surface area contributed by atoms with Crippen molar-refractivity contribution >= 4 is 42.6 Å². The van der Waals surface area contributed by atoms with Crippen LogP contribution in [0.25, 0.3) is 10.8 Å². The second kappa shape index (κ2) is 3.31. The Morgan fingerprint density at radius 1 is 0.923 bits per heavy atom. The summed E-state index contributed by atoms with van der Waals surface area (Å²) in [7, 11) is 0. The molecule has 1 nitrogen and oxygen atoms in total. The van der Waals surface area contributed by atoms with Crippen molar-refractivity contribution in [2.24, 2.45) is 0 Å². The zero-order valence-electron chi connectivity index (χ0n) is 6.55. The van der Waals surface area contributed by atoms with E-state index in [2.05, 4.69) is 31.9 Å². The molecule has 0 saturated carbocycles. The lowest BCUT2D eigenvalue weighted by atomic mass is 10.1. The largest absolute Gasteiger partial charge is 0.289 e. The second-order valence-electron chi connectivity index (χ2n) is 2.71. The third-order valence-corrected chi connectivity index (χ3v) is 3.96. The number of halogens is 2. The highest BCUT2D eigenvalue weighted by molar-refractivity contribution is 9.13. The van der Waals surface area contributed by atoms with Crippen LogP contribution in [0.3, 0.4) is 0 Å². The number of benzene rings is 2. The van der Waals surface area contributed by atoms with Crippen LogP contribution in [-0.4, -0.2) is 0 Å². The molecule has 0 aliphatic heterocycles. The lowest BCUT2D eigenvalue weighted by Gasteiger charge is -2.02. The van der Waals surface area contributed by atoms with Gasteiger partial charge in [-0.15, -0.1) is 0 Å². The molecule has 65 valence electrons. The summed E-state index contributed by atoms with van der Waals surface area (Å²) < 4.78 is 1.90. The van der Waals surface area contributed by atoms with Gasteiger partial charge >= 0.3 is 0 Å². The fourth-order valence-corrected chi connectivity index (χ4v) is 2.09. The topological polar surface area (TPSA) is 19.9 Å². The van der Waals surface area contributed by atoms with Crippen molar-refractivity contribution in [2.75, 3.05) is 0 Å². The Kier molecular flexibility index (Phi) is 2.30. The van der Waals surface area contributed by atoms with Crippen LogP contribution in [0.2, 0.25) is 0 Å². The average molecular weight is 301 g/mol. The van der Waals surface area contributed by atoms with Gasteiger partial charge in [-0.05, 0) is 50.1 Å². The zero-order valence-corrected chi connectivity index (χ0v) is 9.72. The van der Waals surface area contributed by atoms with Crippen molar-refractivity contribution in [3.05, 3.63) is 39.3 Å². The molecule has 0 saturated heterocycles. The first-order chi connectivity index (χ1) is 6.20. The molecule has 1 radical (unpaired) electrons. The van der Waals surface area contributed by atoms with Gasteiger partial charge in [0.25, 0.3) is 0 Å². The van der Waals surface area contributed by atoms with Gasteiger partial charge in [0.15, 0.2) is 5.75 Å². The molecule has 0 N–H and O–H groups in total. The van der Waals surface area contributed by atoms with Gasteiger partial charge in [0, 0.05) is 19.7 Å². The van der Waals surface area contributed by atoms with E-state index in [1.807, 2.05) is 18.2 Å². The number of hydrogen-bond acceptors (Lipinski definition) is 0. The van der Waals surface area contributed by atoms with Crippen LogP contribution in [0.4, 0.5) is 0 Å². The summed E-state index contributed by atoms with van der Waals surface area (Å²) in [5.74, 6) is 0.0608. The summed E-state index contributed by atoms with van der Waals surface area (Å²) in [6.07, 6.45) is 0. The van der Waals surface area contributed by atoms with Gasteiger partial charge in [0.1, 0.15) is 0 Å². The van der Waals surface area contributed by atoms with E-state index in [9.17, 15) is 5.11 Å². The van der Waals surface area contributed by atoms with E-state index in [0.717, 1.165) is 19.7 Å². The maximum absolute atomic E-state index is 11.4. The van der Waals surface area contributed by atoms with Crippen molar-refractivity contribution in [1.82, 2.24) is 0 Å². The third-order valence-electron chi connectivity index (χ3n) is 1.91. The summed E-state index contributed by atoms with van der Waals surface area (Å²) in [5.41, 5.74) is 0. The van der Waals surface area contributed by atoms with Crippen molar-refractivity contribution in [3.8, 4) is 5.75 Å². The summed E-state index contributed by atoms with van der Waals surface area (Å²) in [5, 5.41) is 13.1. The van der Waals surface area contributed by atoms with Crippen molar-refractivity contribution in [3.63, 3.8) is 0 Å². The fraction of sp³-hybridized carbons (Fsp3) is 0. The molecule has 2 aromatic rings. The van der Waals surface area contributed by atoms with E-state index in [0.29, 0.717) is 0 Å². The molecule has 0 aliphatic carbocycles. The molecule has 0 amide bonds. The van der Waals surface area contributed by atoms with Gasteiger partial charge in [-0.1, -0.05) is 12.1 Å². The summed E-state index contributed by atoms with van der Waals surface area (Å²) in [4.78, 5) is 0. The Hall–Kier alpha value is -0.540. The summed E-state index contributed by atoms with van der Waals surface area (Å²) >= 11 is 6.82. The van der Waals surface area contributed by atoms with E-state index in [-0.39, 0.29) is 5.75 Å². The third kappa shape index (κ3) is 1.46. The molecular formula is C10H5Br2O. The Balaban J connectivity index is 2.94. The van der Waals surface area contributed by atoms with E-state index in [4.69, 9.17) is 0 Å². The summed E-state index contributed by atoms with van der Waals surface area (Å²) in [6.45, 7) is 0. The average Bonchev–Trinajstić information content (AvgIpc) is 2.12. The minimum absolute atomic E-state index is 0.0608. The number of fused-ring (bicyclic) bond motifs is 1. The monoisotopic (exact) mass is 299 g/mol. The van der Waals surface area contributed by atoms with Gasteiger partial charge in [-0.25, -0.2) is 0 Å². The molecule has 2 aromatic carbocycles. The van der Waals surface area contributed by atoms with Crippen LogP contribution in [0.5, 0.6) is 5.75 Å². The molecule has 2 rings (SSSR count). The molecule has 0 bridgehead atoms. The Morgan fingerprint density at radius 3 is 2.46 bits per heavy atom. The Labute approximate surface area is 92.6 Å². The van der Waals surface area contributed by atoms with Crippen molar-refractivity contribution in [1.29, 1.82) is 0 Å². The van der Waals surface area contributed by atoms with E-state index < -0.39 is 0 Å². The Morgan fingerprint density at radius 2 is 1.69 bits per heavy atom. The van der Waals surface area contributed by atoms with Gasteiger partial charge in [-0.2, -0.15) is 0 Å². The molecule has 0 aliphatic rings. The van der Waals surface area contributed by atoms with Crippen LogP contribution in [0.15, 0.2) is 39.3 Å². The number of hydrogen-bond donors (Lipinski definition) is 0. The minimum atomic E-state index is 0.0608. The highest BCUT2D eigenvalue weighted by Crippen LogP contribution is 2.35. The standard InChI is InChI=1S/C10H5Br2O/c11-8-5-4-6-7(10(8)12)2-1-3-9(6)13/h1-5H. The molecule has 0 aromatic heterocycles. The van der Waals surface area contributed by atoms with E-state index >= 15 is 0 Å². The van der Waals surface area contributed by atoms with Gasteiger partial charge in [-0.3, -0.25) is 5.11 Å². The highest BCUT2D eigenvalue weighted by Gasteiger charge is 2.05. The Bertz CT molecular complexity index is 466. The molecule has 0 fully saturated rings. The highest BCUT2D eigenvalue weighted by atomic mass is 79.9. The normalized spacial score (nSPS) is 10.6. The van der Waals surface area contributed by atoms with E-state index in [1.165, 1.54) is 0 Å². The molecule has 3 heteroatoms. The van der Waals surface area contributed by atoms with Gasteiger partial charge in [0.05, 0.1) is 0 Å². The molecule has 0 atom stereocenters. The summed E-state index contributed by atoms with van der Waals surface area (Å²) in [6, 6.07) is 8.95. The van der Waals surface area contributed by atoms with Crippen LogP contribution < -0.4 is 0 Å². The van der Waals surface area contributed by atoms with E-state index in [1.54, 1.807) is 12.1 Å². The van der Waals surface area contributed by atoms with Crippen molar-refractivity contribution < 1.29 is 5.11 Å². The van der Waals surface area contributed by atoms with Crippen LogP contribution in [-0.2, 0) is 5.11 Å². The maximum Gasteiger partial charge on any atom is 0.186 e. The second-order valence-corrected chi connectivity index (χ2v) is 4.36. The van der Waals surface area contributed by atoms with Crippen LogP contribution in [0, 0.1) is 0 Å². The lowest BCUT2D eigenvalue weighted by molar-refractivity contribution is 0.360. The molecule has 0 heterocycles. The predicted molar refractivity (Wildman–Crippen MR) is 59.5 cm³/mol. The smallest absolute Gasteiger partial charge is 0.186 e. The zero-order chi connectivity index (χ0) is 9.42.